The van der Waals surface area contributed by atoms with Gasteiger partial charge in [0.2, 0.25) is 0 Å². The molecule has 2 aromatic rings. The van der Waals surface area contributed by atoms with Crippen LogP contribution in [0, 0.1) is 11.8 Å². The van der Waals surface area contributed by atoms with Gasteiger partial charge in [0.15, 0.2) is 6.10 Å². The molecule has 0 bridgehead atoms. The number of amides is 1. The highest BCUT2D eigenvalue weighted by Gasteiger charge is 2.45. The number of hydrogen-bond donors (Lipinski definition) is 2. The van der Waals surface area contributed by atoms with Gasteiger partial charge in [0.25, 0.3) is 5.91 Å². The largest absolute Gasteiger partial charge is 0.418 e. The van der Waals surface area contributed by atoms with Gasteiger partial charge in [-0.25, -0.2) is 0 Å². The van der Waals surface area contributed by atoms with Gasteiger partial charge in [0.1, 0.15) is 0 Å². The van der Waals surface area contributed by atoms with E-state index in [2.05, 4.69) is 15.6 Å². The monoisotopic (exact) mass is 434 g/mol. The fourth-order valence-electron chi connectivity index (χ4n) is 5.18. The Morgan fingerprint density at radius 2 is 2.10 bits per heavy atom. The lowest BCUT2D eigenvalue weighted by Crippen LogP contribution is -2.58. The third kappa shape index (κ3) is 3.74. The summed E-state index contributed by atoms with van der Waals surface area (Å²) in [4.78, 5) is 18.9. The van der Waals surface area contributed by atoms with Crippen molar-refractivity contribution in [3.05, 3.63) is 36.0 Å². The van der Waals surface area contributed by atoms with Gasteiger partial charge in [-0.3, -0.25) is 9.78 Å². The third-order valence-corrected chi connectivity index (χ3v) is 6.74. The van der Waals surface area contributed by atoms with E-state index in [-0.39, 0.29) is 30.1 Å². The average Bonchev–Trinajstić information content (AvgIpc) is 3.10. The van der Waals surface area contributed by atoms with E-state index < -0.39 is 17.8 Å². The van der Waals surface area contributed by atoms with Gasteiger partial charge in [0, 0.05) is 36.4 Å². The summed E-state index contributed by atoms with van der Waals surface area (Å²) in [5, 5.41) is 6.90. The molecule has 5 atom stereocenters. The van der Waals surface area contributed by atoms with Crippen molar-refractivity contribution in [2.75, 3.05) is 31.1 Å². The first-order valence-corrected chi connectivity index (χ1v) is 10.7. The number of carbonyl (C=O) groups is 1. The number of carbonyl (C=O) groups excluding carboxylic acids is 1. The standard InChI is InChI=1S/C22H25F3N4O2/c1-12-10-29(11-19(31-12)21(30)28-17-7-13-8-26-9-15(13)17)18-5-4-16(22(23,24)25)20-14(18)3-2-6-27-20/h2-6,12-13,15,17,19,26H,7-11H2,1H3,(H,28,30)/t12-,13?,15?,17?,19-/m1/s1. The third-order valence-electron chi connectivity index (χ3n) is 6.74. The lowest BCUT2D eigenvalue weighted by atomic mass is 9.71. The molecule has 0 spiro atoms. The molecule has 3 unspecified atom stereocenters. The molecule has 5 rings (SSSR count). The number of ether oxygens (including phenoxy) is 1. The first-order valence-electron chi connectivity index (χ1n) is 10.7. The van der Waals surface area contributed by atoms with Crippen LogP contribution in [0.4, 0.5) is 18.9 Å². The number of pyridine rings is 1. The molecule has 6 nitrogen and oxygen atoms in total. The van der Waals surface area contributed by atoms with Crippen molar-refractivity contribution in [1.82, 2.24) is 15.6 Å². The lowest BCUT2D eigenvalue weighted by molar-refractivity contribution is -0.139. The summed E-state index contributed by atoms with van der Waals surface area (Å²) >= 11 is 0. The van der Waals surface area contributed by atoms with Gasteiger partial charge in [-0.15, -0.1) is 0 Å². The van der Waals surface area contributed by atoms with Crippen LogP contribution in [0.1, 0.15) is 18.9 Å². The van der Waals surface area contributed by atoms with Crippen LogP contribution in [0.25, 0.3) is 10.9 Å². The van der Waals surface area contributed by atoms with Crippen molar-refractivity contribution in [3.8, 4) is 0 Å². The van der Waals surface area contributed by atoms with Gasteiger partial charge in [-0.2, -0.15) is 13.2 Å². The molecule has 3 heterocycles. The zero-order chi connectivity index (χ0) is 21.8. The Morgan fingerprint density at radius 1 is 1.26 bits per heavy atom. The molecule has 3 aliphatic rings. The molecule has 1 aliphatic carbocycles. The van der Waals surface area contributed by atoms with Crippen LogP contribution in [0.15, 0.2) is 30.5 Å². The Bertz CT molecular complexity index is 998. The van der Waals surface area contributed by atoms with Crippen LogP contribution in [0.5, 0.6) is 0 Å². The quantitative estimate of drug-likeness (QED) is 0.778. The molecule has 1 amide bonds. The van der Waals surface area contributed by atoms with E-state index in [1.807, 2.05) is 11.8 Å². The molecule has 166 valence electrons. The van der Waals surface area contributed by atoms with Crippen LogP contribution in [0.2, 0.25) is 0 Å². The van der Waals surface area contributed by atoms with Crippen LogP contribution >= 0.6 is 0 Å². The Hall–Kier alpha value is -2.39. The predicted molar refractivity (Wildman–Crippen MR) is 110 cm³/mol. The number of fused-ring (bicyclic) bond motifs is 2. The maximum atomic E-state index is 13.4. The van der Waals surface area contributed by atoms with Crippen molar-refractivity contribution in [3.63, 3.8) is 0 Å². The van der Waals surface area contributed by atoms with Crippen LogP contribution in [0.3, 0.4) is 0 Å². The molecule has 0 radical (unpaired) electrons. The zero-order valence-electron chi connectivity index (χ0n) is 17.2. The fourth-order valence-corrected chi connectivity index (χ4v) is 5.18. The molecule has 31 heavy (non-hydrogen) atoms. The number of nitrogens with one attached hydrogen (secondary N) is 2. The van der Waals surface area contributed by atoms with Gasteiger partial charge in [-0.1, -0.05) is 0 Å². The van der Waals surface area contributed by atoms with E-state index >= 15 is 0 Å². The second kappa shape index (κ2) is 7.63. The van der Waals surface area contributed by atoms with E-state index in [0.29, 0.717) is 29.5 Å². The fraction of sp³-hybridized carbons (Fsp3) is 0.545. The van der Waals surface area contributed by atoms with Crippen LogP contribution < -0.4 is 15.5 Å². The lowest BCUT2D eigenvalue weighted by Gasteiger charge is -2.42. The summed E-state index contributed by atoms with van der Waals surface area (Å²) in [6.07, 6.45) is -3.05. The summed E-state index contributed by atoms with van der Waals surface area (Å²) < 4.78 is 46.2. The molecule has 2 N–H and O–H groups in total. The maximum absolute atomic E-state index is 13.4. The van der Waals surface area contributed by atoms with Gasteiger partial charge >= 0.3 is 6.18 Å². The van der Waals surface area contributed by atoms with E-state index in [1.165, 1.54) is 12.3 Å². The number of anilines is 1. The smallest absolute Gasteiger partial charge is 0.365 e. The summed E-state index contributed by atoms with van der Waals surface area (Å²) in [6, 6.07) is 5.98. The second-order valence-electron chi connectivity index (χ2n) is 8.80. The van der Waals surface area contributed by atoms with Crippen molar-refractivity contribution in [1.29, 1.82) is 0 Å². The number of rotatable bonds is 3. The number of alkyl halides is 3. The minimum Gasteiger partial charge on any atom is -0.365 e. The molecule has 2 saturated heterocycles. The van der Waals surface area contributed by atoms with Gasteiger partial charge in [-0.05, 0) is 56.0 Å². The van der Waals surface area contributed by atoms with Crippen molar-refractivity contribution < 1.29 is 22.7 Å². The maximum Gasteiger partial charge on any atom is 0.418 e. The SMILES string of the molecule is C[C@@H]1CN(c2ccc(C(F)(F)F)c3ncccc23)C[C@H](C(=O)NC2CC3CNCC32)O1. The summed E-state index contributed by atoms with van der Waals surface area (Å²) in [5.41, 5.74) is -0.207. The number of hydrogen-bond acceptors (Lipinski definition) is 5. The molecular weight excluding hydrogens is 409 g/mol. The topological polar surface area (TPSA) is 66.5 Å². The summed E-state index contributed by atoms with van der Waals surface area (Å²) in [5.74, 6) is 0.964. The molecule has 9 heteroatoms. The molecular formula is C22H25F3N4O2. The highest BCUT2D eigenvalue weighted by Crippen LogP contribution is 2.39. The average molecular weight is 434 g/mol. The predicted octanol–water partition coefficient (Wildman–Crippen LogP) is 2.57. The number of morpholine rings is 1. The molecule has 1 aromatic heterocycles. The number of nitrogens with zero attached hydrogens (tertiary/aromatic N) is 2. The number of benzene rings is 1. The van der Waals surface area contributed by atoms with Crippen molar-refractivity contribution in [2.45, 2.75) is 37.8 Å². The molecule has 1 saturated carbocycles. The minimum absolute atomic E-state index is 0.0816. The Labute approximate surface area is 178 Å². The summed E-state index contributed by atoms with van der Waals surface area (Å²) in [6.45, 7) is 4.57. The number of aromatic nitrogens is 1. The van der Waals surface area contributed by atoms with E-state index in [4.69, 9.17) is 4.74 Å². The minimum atomic E-state index is -4.48. The van der Waals surface area contributed by atoms with Gasteiger partial charge < -0.3 is 20.3 Å². The Morgan fingerprint density at radius 3 is 2.87 bits per heavy atom. The second-order valence-corrected chi connectivity index (χ2v) is 8.80. The first-order chi connectivity index (χ1) is 14.8. The summed E-state index contributed by atoms with van der Waals surface area (Å²) in [7, 11) is 0. The van der Waals surface area contributed by atoms with E-state index in [9.17, 15) is 18.0 Å². The van der Waals surface area contributed by atoms with Crippen LogP contribution in [-0.2, 0) is 15.7 Å². The van der Waals surface area contributed by atoms with Gasteiger partial charge in [0.05, 0.1) is 23.7 Å². The Balaban J connectivity index is 1.38. The van der Waals surface area contributed by atoms with E-state index in [1.54, 1.807) is 12.1 Å². The van der Waals surface area contributed by atoms with E-state index in [0.717, 1.165) is 25.6 Å². The molecule has 2 aliphatic heterocycles. The highest BCUT2D eigenvalue weighted by molar-refractivity contribution is 5.94. The highest BCUT2D eigenvalue weighted by atomic mass is 19.4. The van der Waals surface area contributed by atoms with Crippen LogP contribution in [-0.4, -0.2) is 55.3 Å². The zero-order valence-corrected chi connectivity index (χ0v) is 17.2. The normalized spacial score (nSPS) is 30.7. The molecule has 3 fully saturated rings. The molecule has 1 aromatic carbocycles. The van der Waals surface area contributed by atoms with Crippen molar-refractivity contribution in [2.24, 2.45) is 11.8 Å². The van der Waals surface area contributed by atoms with Crippen molar-refractivity contribution >= 4 is 22.5 Å². The first kappa shape index (κ1) is 20.5. The Kier molecular flexibility index (Phi) is 5.05. The number of halogens is 3.